The van der Waals surface area contributed by atoms with E-state index in [2.05, 4.69) is 10.1 Å². The van der Waals surface area contributed by atoms with Gasteiger partial charge >= 0.3 is 12.1 Å². The zero-order valence-electron chi connectivity index (χ0n) is 11.3. The van der Waals surface area contributed by atoms with Crippen molar-refractivity contribution in [3.05, 3.63) is 0 Å². The molecule has 0 rings (SSSR count). The van der Waals surface area contributed by atoms with E-state index in [1.54, 1.807) is 6.92 Å². The van der Waals surface area contributed by atoms with Crippen molar-refractivity contribution in [2.75, 3.05) is 19.8 Å². The largest absolute Gasteiger partial charge is 0.481 e. The second-order valence-corrected chi connectivity index (χ2v) is 4.69. The van der Waals surface area contributed by atoms with E-state index in [4.69, 9.17) is 5.11 Å². The second-order valence-electron chi connectivity index (χ2n) is 4.69. The van der Waals surface area contributed by atoms with Crippen LogP contribution in [0.1, 0.15) is 33.1 Å². The Morgan fingerprint density at radius 2 is 1.95 bits per heavy atom. The van der Waals surface area contributed by atoms with Gasteiger partial charge < -0.3 is 15.2 Å². The van der Waals surface area contributed by atoms with Crippen LogP contribution in [0.25, 0.3) is 0 Å². The Labute approximate surface area is 111 Å². The third kappa shape index (κ3) is 12.0. The first-order valence-electron chi connectivity index (χ1n) is 6.33. The molecule has 0 radical (unpaired) electrons. The molecule has 0 spiro atoms. The lowest BCUT2D eigenvalue weighted by atomic mass is 10.0. The van der Waals surface area contributed by atoms with Gasteiger partial charge in [0.25, 0.3) is 0 Å². The molecule has 0 bridgehead atoms. The predicted octanol–water partition coefficient (Wildman–Crippen LogP) is 2.43. The Kier molecular flexibility index (Phi) is 8.75. The summed E-state index contributed by atoms with van der Waals surface area (Å²) in [6.45, 7) is 2.71. The summed E-state index contributed by atoms with van der Waals surface area (Å²) in [5.74, 6) is -1.16. The maximum atomic E-state index is 11.8. The van der Waals surface area contributed by atoms with Crippen molar-refractivity contribution in [3.63, 3.8) is 0 Å². The molecule has 2 N–H and O–H groups in total. The molecule has 0 amide bonds. The number of halogens is 3. The Balaban J connectivity index is 3.45. The van der Waals surface area contributed by atoms with E-state index in [0.29, 0.717) is 13.0 Å². The van der Waals surface area contributed by atoms with Crippen LogP contribution in [-0.4, -0.2) is 43.1 Å². The molecule has 114 valence electrons. The second kappa shape index (κ2) is 9.14. The van der Waals surface area contributed by atoms with Crippen LogP contribution >= 0.6 is 0 Å². The fourth-order valence-electron chi connectivity index (χ4n) is 1.52. The van der Waals surface area contributed by atoms with E-state index in [9.17, 15) is 18.0 Å². The Hall–Kier alpha value is -0.820. The molecule has 0 saturated carbocycles. The molecular weight excluding hydrogens is 263 g/mol. The average Bonchev–Trinajstić information content (AvgIpc) is 2.26. The van der Waals surface area contributed by atoms with Crippen LogP contribution in [0.15, 0.2) is 0 Å². The van der Waals surface area contributed by atoms with Crippen LogP contribution < -0.4 is 5.32 Å². The molecule has 2 atom stereocenters. The molecule has 0 aromatic carbocycles. The minimum absolute atomic E-state index is 0.00930. The summed E-state index contributed by atoms with van der Waals surface area (Å²) in [5.41, 5.74) is 0. The van der Waals surface area contributed by atoms with E-state index < -0.39 is 18.8 Å². The van der Waals surface area contributed by atoms with E-state index in [1.165, 1.54) is 0 Å². The van der Waals surface area contributed by atoms with Gasteiger partial charge in [-0.3, -0.25) is 4.79 Å². The molecule has 0 fully saturated rings. The number of carboxylic acid groups (broad SMARTS) is 1. The predicted molar refractivity (Wildman–Crippen MR) is 65.0 cm³/mol. The number of carboxylic acids is 1. The quantitative estimate of drug-likeness (QED) is 0.605. The first-order chi connectivity index (χ1) is 8.72. The van der Waals surface area contributed by atoms with Crippen molar-refractivity contribution in [1.82, 2.24) is 5.32 Å². The lowest BCUT2D eigenvalue weighted by molar-refractivity contribution is -0.173. The molecule has 0 aliphatic heterocycles. The van der Waals surface area contributed by atoms with Crippen LogP contribution in [0.2, 0.25) is 0 Å². The molecule has 0 aromatic rings. The Morgan fingerprint density at radius 3 is 2.47 bits per heavy atom. The van der Waals surface area contributed by atoms with Gasteiger partial charge in [0.1, 0.15) is 6.61 Å². The first kappa shape index (κ1) is 18.2. The fourth-order valence-corrected chi connectivity index (χ4v) is 1.52. The molecule has 19 heavy (non-hydrogen) atoms. The number of carbonyl (C=O) groups is 1. The minimum atomic E-state index is -4.28. The molecule has 0 aliphatic rings. The van der Waals surface area contributed by atoms with Crippen molar-refractivity contribution < 1.29 is 27.8 Å². The van der Waals surface area contributed by atoms with Gasteiger partial charge in [-0.05, 0) is 19.8 Å². The topological polar surface area (TPSA) is 58.6 Å². The summed E-state index contributed by atoms with van der Waals surface area (Å²) in [6.07, 6.45) is -2.12. The standard InChI is InChI=1S/C12H22F3NO3/c1-9(11(17)18)4-3-5-10(2)16-6-7-19-8-12(13,14)15/h9-10,16H,3-8H2,1-2H3,(H,17,18). The fraction of sp³-hybridized carbons (Fsp3) is 0.917. The van der Waals surface area contributed by atoms with Gasteiger partial charge in [-0.1, -0.05) is 13.3 Å². The number of nitrogens with one attached hydrogen (secondary N) is 1. The highest BCUT2D eigenvalue weighted by molar-refractivity contribution is 5.69. The maximum Gasteiger partial charge on any atom is 0.411 e. The summed E-state index contributed by atoms with van der Waals surface area (Å²) in [7, 11) is 0. The molecule has 0 heterocycles. The SMILES string of the molecule is CC(CCCC(C)C(=O)O)NCCOCC(F)(F)F. The molecule has 0 aliphatic carbocycles. The van der Waals surface area contributed by atoms with E-state index in [-0.39, 0.29) is 18.6 Å². The highest BCUT2D eigenvalue weighted by Crippen LogP contribution is 2.14. The van der Waals surface area contributed by atoms with E-state index in [0.717, 1.165) is 12.8 Å². The lowest BCUT2D eigenvalue weighted by Gasteiger charge is -2.15. The van der Waals surface area contributed by atoms with Gasteiger partial charge in [0.15, 0.2) is 0 Å². The lowest BCUT2D eigenvalue weighted by Crippen LogP contribution is -2.30. The average molecular weight is 285 g/mol. The van der Waals surface area contributed by atoms with Crippen molar-refractivity contribution in [2.45, 2.75) is 45.3 Å². The zero-order valence-corrected chi connectivity index (χ0v) is 11.3. The maximum absolute atomic E-state index is 11.8. The monoisotopic (exact) mass is 285 g/mol. The van der Waals surface area contributed by atoms with Crippen LogP contribution in [-0.2, 0) is 9.53 Å². The van der Waals surface area contributed by atoms with Crippen LogP contribution in [0.4, 0.5) is 13.2 Å². The third-order valence-electron chi connectivity index (χ3n) is 2.70. The summed E-state index contributed by atoms with van der Waals surface area (Å²) >= 11 is 0. The van der Waals surface area contributed by atoms with Crippen molar-refractivity contribution in [3.8, 4) is 0 Å². The normalized spacial score (nSPS) is 15.2. The van der Waals surface area contributed by atoms with Crippen molar-refractivity contribution >= 4 is 5.97 Å². The van der Waals surface area contributed by atoms with Gasteiger partial charge in [0.2, 0.25) is 0 Å². The van der Waals surface area contributed by atoms with Crippen LogP contribution in [0.5, 0.6) is 0 Å². The molecular formula is C12H22F3NO3. The highest BCUT2D eigenvalue weighted by atomic mass is 19.4. The molecule has 0 aromatic heterocycles. The van der Waals surface area contributed by atoms with Crippen LogP contribution in [0, 0.1) is 5.92 Å². The number of aliphatic carboxylic acids is 1. The highest BCUT2D eigenvalue weighted by Gasteiger charge is 2.27. The minimum Gasteiger partial charge on any atom is -0.481 e. The molecule has 4 nitrogen and oxygen atoms in total. The zero-order chi connectivity index (χ0) is 14.9. The van der Waals surface area contributed by atoms with Gasteiger partial charge in [-0.15, -0.1) is 0 Å². The van der Waals surface area contributed by atoms with Gasteiger partial charge in [0, 0.05) is 12.6 Å². The van der Waals surface area contributed by atoms with Crippen molar-refractivity contribution in [1.29, 1.82) is 0 Å². The number of hydrogen-bond acceptors (Lipinski definition) is 3. The smallest absolute Gasteiger partial charge is 0.411 e. The van der Waals surface area contributed by atoms with Gasteiger partial charge in [0.05, 0.1) is 12.5 Å². The first-order valence-corrected chi connectivity index (χ1v) is 6.33. The number of rotatable bonds is 10. The van der Waals surface area contributed by atoms with E-state index >= 15 is 0 Å². The Bertz CT molecular complexity index is 259. The molecule has 0 saturated heterocycles. The Morgan fingerprint density at radius 1 is 1.32 bits per heavy atom. The third-order valence-corrected chi connectivity index (χ3v) is 2.70. The van der Waals surface area contributed by atoms with Gasteiger partial charge in [-0.2, -0.15) is 13.2 Å². The van der Waals surface area contributed by atoms with Crippen molar-refractivity contribution in [2.24, 2.45) is 5.92 Å². The number of alkyl halides is 3. The summed E-state index contributed by atoms with van der Waals surface area (Å²) in [6, 6.07) is 0.135. The molecule has 7 heteroatoms. The van der Waals surface area contributed by atoms with Crippen LogP contribution in [0.3, 0.4) is 0 Å². The summed E-state index contributed by atoms with van der Waals surface area (Å²) in [4.78, 5) is 10.6. The molecule has 2 unspecified atom stereocenters. The summed E-state index contributed by atoms with van der Waals surface area (Å²) in [5, 5.41) is 11.7. The summed E-state index contributed by atoms with van der Waals surface area (Å²) < 4.78 is 39.7. The van der Waals surface area contributed by atoms with E-state index in [1.807, 2.05) is 6.92 Å². The number of hydrogen-bond donors (Lipinski definition) is 2. The van der Waals surface area contributed by atoms with Gasteiger partial charge in [-0.25, -0.2) is 0 Å². The number of ether oxygens (including phenoxy) is 1.